The molecule has 0 saturated carbocycles. The summed E-state index contributed by atoms with van der Waals surface area (Å²) in [7, 11) is 0. The highest BCUT2D eigenvalue weighted by Gasteiger charge is 2.24. The fourth-order valence-electron chi connectivity index (χ4n) is 3.37. The quantitative estimate of drug-likeness (QED) is 0.678. The topological polar surface area (TPSA) is 49.4 Å². The Bertz CT molecular complexity index is 1030. The molecule has 0 aromatic heterocycles. The number of hydrogen-bond donors (Lipinski definition) is 1. The SMILES string of the molecule is O=C(NC(=O)N1Cc2ccccc2-c2ccccc2C1)c1ccc(F)cc1F. The number of urea groups is 1. The molecule has 4 nitrogen and oxygen atoms in total. The van der Waals surface area contributed by atoms with E-state index in [2.05, 4.69) is 5.32 Å². The summed E-state index contributed by atoms with van der Waals surface area (Å²) in [4.78, 5) is 26.5. The van der Waals surface area contributed by atoms with Crippen LogP contribution in [-0.4, -0.2) is 16.8 Å². The standard InChI is InChI=1S/C22H16F2N2O2/c23-16-9-10-19(20(24)11-16)21(27)25-22(28)26-12-14-5-1-3-7-17(14)18-8-4-2-6-15(18)13-26/h1-11H,12-13H2,(H,25,27,28). The molecule has 28 heavy (non-hydrogen) atoms. The number of halogens is 2. The molecular formula is C22H16F2N2O2. The molecule has 1 N–H and O–H groups in total. The number of benzene rings is 3. The fourth-order valence-corrected chi connectivity index (χ4v) is 3.37. The lowest BCUT2D eigenvalue weighted by Crippen LogP contribution is -2.42. The van der Waals surface area contributed by atoms with Gasteiger partial charge in [0.05, 0.1) is 5.56 Å². The second kappa shape index (κ2) is 7.23. The number of carbonyl (C=O) groups is 2. The summed E-state index contributed by atoms with van der Waals surface area (Å²) in [6.45, 7) is 0.603. The van der Waals surface area contributed by atoms with E-state index in [4.69, 9.17) is 0 Å². The first-order valence-electron chi connectivity index (χ1n) is 8.74. The lowest BCUT2D eigenvalue weighted by atomic mass is 9.97. The second-order valence-electron chi connectivity index (χ2n) is 6.55. The van der Waals surface area contributed by atoms with E-state index in [9.17, 15) is 18.4 Å². The van der Waals surface area contributed by atoms with Crippen molar-refractivity contribution >= 4 is 11.9 Å². The number of amides is 3. The Labute approximate surface area is 160 Å². The van der Waals surface area contributed by atoms with Crippen LogP contribution in [0.4, 0.5) is 13.6 Å². The van der Waals surface area contributed by atoms with Crippen LogP contribution in [0.15, 0.2) is 66.7 Å². The molecular weight excluding hydrogens is 362 g/mol. The molecule has 0 atom stereocenters. The van der Waals surface area contributed by atoms with Gasteiger partial charge in [-0.3, -0.25) is 10.1 Å². The Morgan fingerprint density at radius 2 is 1.39 bits per heavy atom. The van der Waals surface area contributed by atoms with Gasteiger partial charge >= 0.3 is 6.03 Å². The molecule has 3 aromatic carbocycles. The zero-order chi connectivity index (χ0) is 19.7. The van der Waals surface area contributed by atoms with Crippen molar-refractivity contribution in [3.05, 3.63) is 95.1 Å². The Morgan fingerprint density at radius 3 is 1.96 bits per heavy atom. The van der Waals surface area contributed by atoms with Gasteiger partial charge in [-0.05, 0) is 34.4 Å². The highest BCUT2D eigenvalue weighted by atomic mass is 19.1. The zero-order valence-electron chi connectivity index (χ0n) is 14.8. The lowest BCUT2D eigenvalue weighted by Gasteiger charge is -2.21. The molecule has 6 heteroatoms. The van der Waals surface area contributed by atoms with Gasteiger partial charge < -0.3 is 4.90 Å². The smallest absolute Gasteiger partial charge is 0.316 e. The van der Waals surface area contributed by atoms with Gasteiger partial charge in [-0.2, -0.15) is 0 Å². The zero-order valence-corrected chi connectivity index (χ0v) is 14.8. The fraction of sp³-hybridized carbons (Fsp3) is 0.0909. The third-order valence-electron chi connectivity index (χ3n) is 4.73. The molecule has 1 aliphatic rings. The summed E-state index contributed by atoms with van der Waals surface area (Å²) in [5, 5.41) is 2.20. The number of hydrogen-bond acceptors (Lipinski definition) is 2. The van der Waals surface area contributed by atoms with Gasteiger partial charge in [0.1, 0.15) is 11.6 Å². The number of fused-ring (bicyclic) bond motifs is 3. The maximum atomic E-state index is 13.8. The average molecular weight is 378 g/mol. The van der Waals surface area contributed by atoms with Crippen LogP contribution in [0.5, 0.6) is 0 Å². The number of rotatable bonds is 1. The highest BCUT2D eigenvalue weighted by Crippen LogP contribution is 2.32. The Hall–Kier alpha value is -3.54. The molecule has 1 heterocycles. The van der Waals surface area contributed by atoms with Gasteiger partial charge in [0.2, 0.25) is 0 Å². The second-order valence-corrected chi connectivity index (χ2v) is 6.55. The van der Waals surface area contributed by atoms with Crippen molar-refractivity contribution in [1.29, 1.82) is 0 Å². The molecule has 140 valence electrons. The number of imide groups is 1. The summed E-state index contributed by atoms with van der Waals surface area (Å²) in [5.74, 6) is -2.72. The van der Waals surface area contributed by atoms with E-state index in [1.54, 1.807) is 0 Å². The van der Waals surface area contributed by atoms with Crippen molar-refractivity contribution in [3.63, 3.8) is 0 Å². The van der Waals surface area contributed by atoms with E-state index in [1.165, 1.54) is 4.90 Å². The van der Waals surface area contributed by atoms with Crippen LogP contribution >= 0.6 is 0 Å². The molecule has 3 amide bonds. The van der Waals surface area contributed by atoms with Crippen molar-refractivity contribution in [2.75, 3.05) is 0 Å². The Balaban J connectivity index is 1.61. The van der Waals surface area contributed by atoms with E-state index in [1.807, 2.05) is 48.5 Å². The third kappa shape index (κ3) is 3.36. The van der Waals surface area contributed by atoms with Crippen molar-refractivity contribution in [2.24, 2.45) is 0 Å². The highest BCUT2D eigenvalue weighted by molar-refractivity contribution is 6.04. The molecule has 0 spiro atoms. The molecule has 0 unspecified atom stereocenters. The predicted octanol–water partition coefficient (Wildman–Crippen LogP) is 4.50. The molecule has 3 aromatic rings. The van der Waals surface area contributed by atoms with Gasteiger partial charge in [0.15, 0.2) is 0 Å². The molecule has 0 fully saturated rings. The summed E-state index contributed by atoms with van der Waals surface area (Å²) >= 11 is 0. The molecule has 4 rings (SSSR count). The maximum Gasteiger partial charge on any atom is 0.324 e. The first-order chi connectivity index (χ1) is 13.5. The van der Waals surface area contributed by atoms with E-state index in [0.717, 1.165) is 34.4 Å². The normalized spacial score (nSPS) is 12.6. The van der Waals surface area contributed by atoms with Crippen molar-refractivity contribution in [2.45, 2.75) is 13.1 Å². The van der Waals surface area contributed by atoms with Gasteiger partial charge in [-0.15, -0.1) is 0 Å². The monoisotopic (exact) mass is 378 g/mol. The van der Waals surface area contributed by atoms with Crippen molar-refractivity contribution < 1.29 is 18.4 Å². The van der Waals surface area contributed by atoms with Gasteiger partial charge in [0.25, 0.3) is 5.91 Å². The summed E-state index contributed by atoms with van der Waals surface area (Å²) in [6, 6.07) is 17.5. The molecule has 1 aliphatic heterocycles. The van der Waals surface area contributed by atoms with Crippen LogP contribution in [0.2, 0.25) is 0 Å². The lowest BCUT2D eigenvalue weighted by molar-refractivity contribution is 0.0945. The molecule has 0 bridgehead atoms. The van der Waals surface area contributed by atoms with Crippen LogP contribution in [0.1, 0.15) is 21.5 Å². The largest absolute Gasteiger partial charge is 0.324 e. The van der Waals surface area contributed by atoms with Gasteiger partial charge in [-0.25, -0.2) is 13.6 Å². The Kier molecular flexibility index (Phi) is 4.61. The van der Waals surface area contributed by atoms with E-state index >= 15 is 0 Å². The van der Waals surface area contributed by atoms with E-state index in [0.29, 0.717) is 19.2 Å². The first kappa shape index (κ1) is 17.9. The van der Waals surface area contributed by atoms with E-state index in [-0.39, 0.29) is 5.56 Å². The average Bonchev–Trinajstić information content (AvgIpc) is 2.85. The minimum absolute atomic E-state index is 0.301. The third-order valence-corrected chi connectivity index (χ3v) is 4.73. The summed E-state index contributed by atoms with van der Waals surface area (Å²) in [5.41, 5.74) is 3.57. The molecule has 0 radical (unpaired) electrons. The van der Waals surface area contributed by atoms with Gasteiger partial charge in [0, 0.05) is 19.2 Å². The van der Waals surface area contributed by atoms with Crippen LogP contribution in [0.25, 0.3) is 11.1 Å². The van der Waals surface area contributed by atoms with Crippen molar-refractivity contribution in [1.82, 2.24) is 10.2 Å². The minimum atomic E-state index is -1.02. The Morgan fingerprint density at radius 1 is 0.821 bits per heavy atom. The van der Waals surface area contributed by atoms with Crippen LogP contribution in [-0.2, 0) is 13.1 Å². The molecule has 0 saturated heterocycles. The minimum Gasteiger partial charge on any atom is -0.316 e. The van der Waals surface area contributed by atoms with E-state index < -0.39 is 23.6 Å². The van der Waals surface area contributed by atoms with Crippen LogP contribution in [0.3, 0.4) is 0 Å². The van der Waals surface area contributed by atoms with Crippen LogP contribution < -0.4 is 5.32 Å². The first-order valence-corrected chi connectivity index (χ1v) is 8.74. The van der Waals surface area contributed by atoms with Crippen molar-refractivity contribution in [3.8, 4) is 11.1 Å². The predicted molar refractivity (Wildman–Crippen MR) is 100 cm³/mol. The maximum absolute atomic E-state index is 13.8. The number of carbonyl (C=O) groups excluding carboxylic acids is 2. The number of nitrogens with one attached hydrogen (secondary N) is 1. The van der Waals surface area contributed by atoms with Crippen LogP contribution in [0, 0.1) is 11.6 Å². The summed E-state index contributed by atoms with van der Waals surface area (Å²) in [6.07, 6.45) is 0. The number of nitrogens with zero attached hydrogens (tertiary/aromatic N) is 1. The molecule has 0 aliphatic carbocycles. The van der Waals surface area contributed by atoms with Gasteiger partial charge in [-0.1, -0.05) is 48.5 Å². The summed E-state index contributed by atoms with van der Waals surface area (Å²) < 4.78 is 26.9.